The van der Waals surface area contributed by atoms with Crippen molar-refractivity contribution in [3.63, 3.8) is 0 Å². The predicted molar refractivity (Wildman–Crippen MR) is 89.8 cm³/mol. The van der Waals surface area contributed by atoms with E-state index in [1.54, 1.807) is 0 Å². The standard InChI is InChI=1S/C16H29N3O2.ClH/c1-12-4-3-7-19(11-12)16(21)14-5-8-18(9-6-14)15(20)10-13(2)17;/h12-14H,3-11,17H2,1-2H3;1H. The summed E-state index contributed by atoms with van der Waals surface area (Å²) in [5.41, 5.74) is 5.68. The molecule has 6 heteroatoms. The van der Waals surface area contributed by atoms with Gasteiger partial charge in [0.05, 0.1) is 0 Å². The molecule has 2 atom stereocenters. The third-order valence-corrected chi connectivity index (χ3v) is 4.66. The van der Waals surface area contributed by atoms with Crippen molar-refractivity contribution >= 4 is 24.2 Å². The van der Waals surface area contributed by atoms with Crippen LogP contribution in [-0.2, 0) is 9.59 Å². The Balaban J connectivity index is 0.00000242. The maximum Gasteiger partial charge on any atom is 0.225 e. The Hall–Kier alpha value is -0.810. The Morgan fingerprint density at radius 2 is 1.77 bits per heavy atom. The van der Waals surface area contributed by atoms with E-state index >= 15 is 0 Å². The summed E-state index contributed by atoms with van der Waals surface area (Å²) in [6.45, 7) is 7.28. The Morgan fingerprint density at radius 3 is 2.32 bits per heavy atom. The highest BCUT2D eigenvalue weighted by Crippen LogP contribution is 2.23. The molecule has 0 bridgehead atoms. The number of carbonyl (C=O) groups excluding carboxylic acids is 2. The first-order chi connectivity index (χ1) is 9.97. The second-order valence-electron chi connectivity index (χ2n) is 6.87. The van der Waals surface area contributed by atoms with Crippen LogP contribution in [0.3, 0.4) is 0 Å². The molecule has 0 aliphatic carbocycles. The molecule has 0 radical (unpaired) electrons. The largest absolute Gasteiger partial charge is 0.343 e. The van der Waals surface area contributed by atoms with Crippen molar-refractivity contribution in [2.45, 2.75) is 52.0 Å². The third-order valence-electron chi connectivity index (χ3n) is 4.66. The van der Waals surface area contributed by atoms with Gasteiger partial charge in [0.1, 0.15) is 0 Å². The Kier molecular flexibility index (Phi) is 7.63. The molecule has 2 aliphatic heterocycles. The lowest BCUT2D eigenvalue weighted by Crippen LogP contribution is -2.47. The number of likely N-dealkylation sites (tertiary alicyclic amines) is 2. The summed E-state index contributed by atoms with van der Waals surface area (Å²) in [5.74, 6) is 1.16. The fourth-order valence-electron chi connectivity index (χ4n) is 3.43. The maximum absolute atomic E-state index is 12.6. The zero-order chi connectivity index (χ0) is 15.4. The molecular formula is C16H30ClN3O2. The van der Waals surface area contributed by atoms with Crippen LogP contribution in [0.2, 0.25) is 0 Å². The van der Waals surface area contributed by atoms with Gasteiger partial charge in [-0.2, -0.15) is 0 Å². The molecule has 128 valence electrons. The SMILES string of the molecule is CC(N)CC(=O)N1CCC(C(=O)N2CCCC(C)C2)CC1.Cl. The molecule has 0 aromatic rings. The van der Waals surface area contributed by atoms with Crippen LogP contribution in [0.5, 0.6) is 0 Å². The third kappa shape index (κ3) is 5.13. The molecular weight excluding hydrogens is 302 g/mol. The first kappa shape index (κ1) is 19.2. The van der Waals surface area contributed by atoms with Crippen molar-refractivity contribution in [3.8, 4) is 0 Å². The summed E-state index contributed by atoms with van der Waals surface area (Å²) < 4.78 is 0. The number of hydrogen-bond acceptors (Lipinski definition) is 3. The van der Waals surface area contributed by atoms with Gasteiger partial charge in [0, 0.05) is 44.6 Å². The van der Waals surface area contributed by atoms with Crippen molar-refractivity contribution < 1.29 is 9.59 Å². The smallest absolute Gasteiger partial charge is 0.225 e. The predicted octanol–water partition coefficient (Wildman–Crippen LogP) is 1.64. The summed E-state index contributed by atoms with van der Waals surface area (Å²) in [6, 6.07) is -0.0910. The quantitative estimate of drug-likeness (QED) is 0.855. The average Bonchev–Trinajstić information content (AvgIpc) is 2.46. The van der Waals surface area contributed by atoms with Crippen LogP contribution in [0.4, 0.5) is 0 Å². The van der Waals surface area contributed by atoms with Crippen molar-refractivity contribution in [3.05, 3.63) is 0 Å². The van der Waals surface area contributed by atoms with Crippen LogP contribution in [0.15, 0.2) is 0 Å². The van der Waals surface area contributed by atoms with Gasteiger partial charge in [0.2, 0.25) is 11.8 Å². The van der Waals surface area contributed by atoms with Crippen molar-refractivity contribution in [1.82, 2.24) is 9.80 Å². The molecule has 5 nitrogen and oxygen atoms in total. The minimum absolute atomic E-state index is 0. The fourth-order valence-corrected chi connectivity index (χ4v) is 3.43. The Labute approximate surface area is 140 Å². The Bertz CT molecular complexity index is 382. The highest BCUT2D eigenvalue weighted by Gasteiger charge is 2.31. The van der Waals surface area contributed by atoms with Gasteiger partial charge < -0.3 is 15.5 Å². The topological polar surface area (TPSA) is 66.6 Å². The van der Waals surface area contributed by atoms with Gasteiger partial charge in [-0.15, -0.1) is 12.4 Å². The molecule has 2 aliphatic rings. The lowest BCUT2D eigenvalue weighted by molar-refractivity contribution is -0.142. The number of nitrogens with two attached hydrogens (primary N) is 1. The first-order valence-electron chi connectivity index (χ1n) is 8.29. The van der Waals surface area contributed by atoms with Crippen LogP contribution in [0.1, 0.15) is 46.0 Å². The average molecular weight is 332 g/mol. The van der Waals surface area contributed by atoms with E-state index in [0.717, 1.165) is 32.4 Å². The minimum Gasteiger partial charge on any atom is -0.343 e. The second-order valence-corrected chi connectivity index (χ2v) is 6.87. The van der Waals surface area contributed by atoms with Crippen LogP contribution < -0.4 is 5.73 Å². The molecule has 2 fully saturated rings. The molecule has 2 heterocycles. The number of carbonyl (C=O) groups is 2. The van der Waals surface area contributed by atoms with E-state index in [9.17, 15) is 9.59 Å². The summed E-state index contributed by atoms with van der Waals surface area (Å²) in [6.07, 6.45) is 4.36. The number of amides is 2. The van der Waals surface area contributed by atoms with E-state index in [4.69, 9.17) is 5.73 Å². The van der Waals surface area contributed by atoms with Gasteiger partial charge in [-0.05, 0) is 38.5 Å². The highest BCUT2D eigenvalue weighted by molar-refractivity contribution is 5.85. The van der Waals surface area contributed by atoms with Gasteiger partial charge >= 0.3 is 0 Å². The van der Waals surface area contributed by atoms with E-state index in [0.29, 0.717) is 31.3 Å². The van der Waals surface area contributed by atoms with Crippen molar-refractivity contribution in [1.29, 1.82) is 0 Å². The molecule has 2 saturated heterocycles. The highest BCUT2D eigenvalue weighted by atomic mass is 35.5. The van der Waals surface area contributed by atoms with Crippen molar-refractivity contribution in [2.24, 2.45) is 17.6 Å². The molecule has 2 amide bonds. The zero-order valence-electron chi connectivity index (χ0n) is 13.8. The number of rotatable bonds is 3. The van der Waals surface area contributed by atoms with Gasteiger partial charge in [-0.25, -0.2) is 0 Å². The minimum atomic E-state index is -0.0910. The van der Waals surface area contributed by atoms with E-state index < -0.39 is 0 Å². The summed E-state index contributed by atoms with van der Waals surface area (Å²) in [5, 5.41) is 0. The normalized spacial score (nSPS) is 24.6. The fraction of sp³-hybridized carbons (Fsp3) is 0.875. The lowest BCUT2D eigenvalue weighted by atomic mass is 9.92. The molecule has 2 rings (SSSR count). The molecule has 0 aromatic heterocycles. The maximum atomic E-state index is 12.6. The van der Waals surface area contributed by atoms with Gasteiger partial charge in [0.25, 0.3) is 0 Å². The monoisotopic (exact) mass is 331 g/mol. The second kappa shape index (κ2) is 8.73. The van der Waals surface area contributed by atoms with Crippen LogP contribution in [0.25, 0.3) is 0 Å². The van der Waals surface area contributed by atoms with E-state index in [1.807, 2.05) is 16.7 Å². The molecule has 2 N–H and O–H groups in total. The molecule has 0 aromatic carbocycles. The summed E-state index contributed by atoms with van der Waals surface area (Å²) in [4.78, 5) is 28.4. The lowest BCUT2D eigenvalue weighted by Gasteiger charge is -2.37. The van der Waals surface area contributed by atoms with E-state index in [-0.39, 0.29) is 30.3 Å². The molecule has 0 spiro atoms. The number of nitrogens with zero attached hydrogens (tertiary/aromatic N) is 2. The van der Waals surface area contributed by atoms with E-state index in [1.165, 1.54) is 6.42 Å². The molecule has 22 heavy (non-hydrogen) atoms. The van der Waals surface area contributed by atoms with Crippen LogP contribution in [-0.4, -0.2) is 53.8 Å². The number of halogens is 1. The van der Waals surface area contributed by atoms with Crippen molar-refractivity contribution in [2.75, 3.05) is 26.2 Å². The van der Waals surface area contributed by atoms with Gasteiger partial charge in [-0.1, -0.05) is 6.92 Å². The van der Waals surface area contributed by atoms with Gasteiger partial charge in [-0.3, -0.25) is 9.59 Å². The number of piperidine rings is 2. The summed E-state index contributed by atoms with van der Waals surface area (Å²) in [7, 11) is 0. The first-order valence-corrected chi connectivity index (χ1v) is 8.29. The number of hydrogen-bond donors (Lipinski definition) is 1. The Morgan fingerprint density at radius 1 is 1.14 bits per heavy atom. The van der Waals surface area contributed by atoms with Gasteiger partial charge in [0.15, 0.2) is 0 Å². The van der Waals surface area contributed by atoms with Crippen LogP contribution >= 0.6 is 12.4 Å². The summed E-state index contributed by atoms with van der Waals surface area (Å²) >= 11 is 0. The van der Waals surface area contributed by atoms with E-state index in [2.05, 4.69) is 6.92 Å². The molecule has 2 unspecified atom stereocenters. The van der Waals surface area contributed by atoms with Crippen LogP contribution in [0, 0.1) is 11.8 Å². The molecule has 0 saturated carbocycles. The zero-order valence-corrected chi connectivity index (χ0v) is 14.6.